The van der Waals surface area contributed by atoms with Crippen molar-refractivity contribution in [2.45, 2.75) is 38.3 Å². The van der Waals surface area contributed by atoms with Gasteiger partial charge in [0.05, 0.1) is 42.4 Å². The second kappa shape index (κ2) is 9.33. The lowest BCUT2D eigenvalue weighted by atomic mass is 10.1. The summed E-state index contributed by atoms with van der Waals surface area (Å²) in [5, 5.41) is 10.9. The fraction of sp³-hybridized carbons (Fsp3) is 0.381. The van der Waals surface area contributed by atoms with Gasteiger partial charge in [0.1, 0.15) is 17.3 Å². The van der Waals surface area contributed by atoms with Gasteiger partial charge in [-0.15, -0.1) is 4.80 Å². The smallest absolute Gasteiger partial charge is 0.372 e. The Hall–Kier alpha value is -3.61. The molecule has 180 valence electrons. The van der Waals surface area contributed by atoms with Crippen LogP contribution in [0.15, 0.2) is 43.0 Å². The van der Waals surface area contributed by atoms with E-state index in [1.807, 2.05) is 6.92 Å². The normalized spacial score (nSPS) is 20.9. The third kappa shape index (κ3) is 4.98. The molecule has 1 aliphatic rings. The number of hydrogen-bond donors (Lipinski definition) is 1. The average Bonchev–Trinajstić information content (AvgIpc) is 3.32. The van der Waals surface area contributed by atoms with E-state index in [0.717, 1.165) is 29.3 Å². The van der Waals surface area contributed by atoms with Crippen molar-refractivity contribution in [3.05, 3.63) is 60.1 Å². The summed E-state index contributed by atoms with van der Waals surface area (Å²) in [4.78, 5) is 24.0. The van der Waals surface area contributed by atoms with Crippen LogP contribution < -0.4 is 5.32 Å². The van der Waals surface area contributed by atoms with E-state index in [1.165, 1.54) is 18.5 Å². The first-order valence-corrected chi connectivity index (χ1v) is 10.4. The van der Waals surface area contributed by atoms with Crippen LogP contribution in [-0.4, -0.2) is 67.1 Å². The molecule has 1 aliphatic heterocycles. The maximum atomic E-state index is 13.9. The van der Waals surface area contributed by atoms with Gasteiger partial charge in [-0.3, -0.25) is 4.79 Å². The molecule has 3 atom stereocenters. The van der Waals surface area contributed by atoms with E-state index in [2.05, 4.69) is 25.5 Å². The van der Waals surface area contributed by atoms with Crippen molar-refractivity contribution < 1.29 is 27.1 Å². The second-order valence-corrected chi connectivity index (χ2v) is 7.83. The van der Waals surface area contributed by atoms with Crippen molar-refractivity contribution in [2.24, 2.45) is 0 Å². The van der Waals surface area contributed by atoms with Gasteiger partial charge >= 0.3 is 6.18 Å². The average molecular weight is 479 g/mol. The number of nitrogens with zero attached hydrogens (tertiary/aromatic N) is 6. The lowest BCUT2D eigenvalue weighted by molar-refractivity contribution is -0.137. The maximum absolute atomic E-state index is 13.9. The molecule has 1 saturated heterocycles. The van der Waals surface area contributed by atoms with Crippen LogP contribution in [0.3, 0.4) is 0 Å². The molecule has 1 unspecified atom stereocenters. The summed E-state index contributed by atoms with van der Waals surface area (Å²) in [6, 6.07) is 2.74. The molecule has 0 spiro atoms. The molecule has 0 radical (unpaired) electrons. The van der Waals surface area contributed by atoms with Crippen LogP contribution >= 0.6 is 0 Å². The molecule has 4 heterocycles. The number of morpholine rings is 1. The standard InChI is InChI=1S/C21H21F4N7O2/c1-12-11-31(20(33)19-16(7-15(22)9-28-19)32-29-5-6-30-32)17(13(2)34-12)10-27-18-4-3-14(8-26-18)21(23,24)25/h3-9,12-13,17H,10-11H2,1-2H3,(H,26,27)/t12-,13+,17?/m1/s1. The van der Waals surface area contributed by atoms with Gasteiger partial charge in [-0.05, 0) is 26.0 Å². The summed E-state index contributed by atoms with van der Waals surface area (Å²) >= 11 is 0. The topological polar surface area (TPSA) is 98.1 Å². The monoisotopic (exact) mass is 479 g/mol. The van der Waals surface area contributed by atoms with Gasteiger partial charge in [0.25, 0.3) is 5.91 Å². The van der Waals surface area contributed by atoms with Crippen LogP contribution in [0.2, 0.25) is 0 Å². The maximum Gasteiger partial charge on any atom is 0.417 e. The van der Waals surface area contributed by atoms with Gasteiger partial charge < -0.3 is 15.0 Å². The van der Waals surface area contributed by atoms with Crippen LogP contribution in [0, 0.1) is 5.82 Å². The van der Waals surface area contributed by atoms with E-state index in [1.54, 1.807) is 11.8 Å². The third-order valence-electron chi connectivity index (χ3n) is 5.36. The molecule has 3 aromatic heterocycles. The summed E-state index contributed by atoms with van der Waals surface area (Å²) in [5.74, 6) is -0.923. The Bertz CT molecular complexity index is 1140. The zero-order valence-electron chi connectivity index (χ0n) is 18.2. The summed E-state index contributed by atoms with van der Waals surface area (Å²) < 4.78 is 58.1. The third-order valence-corrected chi connectivity index (χ3v) is 5.36. The lowest BCUT2D eigenvalue weighted by Crippen LogP contribution is -2.58. The minimum absolute atomic E-state index is 0.0449. The Morgan fingerprint density at radius 1 is 1.18 bits per heavy atom. The molecule has 4 rings (SSSR count). The highest BCUT2D eigenvalue weighted by Gasteiger charge is 2.38. The quantitative estimate of drug-likeness (QED) is 0.562. The molecular formula is C21H21F4N7O2. The van der Waals surface area contributed by atoms with E-state index in [-0.39, 0.29) is 36.4 Å². The molecule has 13 heteroatoms. The molecule has 1 fully saturated rings. The molecule has 0 aromatic carbocycles. The van der Waals surface area contributed by atoms with Crippen LogP contribution in [0.25, 0.3) is 5.69 Å². The van der Waals surface area contributed by atoms with Gasteiger partial charge in [0.2, 0.25) is 0 Å². The molecule has 34 heavy (non-hydrogen) atoms. The predicted molar refractivity (Wildman–Crippen MR) is 112 cm³/mol. The Morgan fingerprint density at radius 3 is 2.56 bits per heavy atom. The number of carbonyl (C=O) groups is 1. The number of aromatic nitrogens is 5. The van der Waals surface area contributed by atoms with Crippen molar-refractivity contribution in [2.75, 3.05) is 18.4 Å². The molecule has 0 aliphatic carbocycles. The summed E-state index contributed by atoms with van der Waals surface area (Å²) in [6.45, 7) is 3.97. The minimum atomic E-state index is -4.49. The molecular weight excluding hydrogens is 458 g/mol. The van der Waals surface area contributed by atoms with Gasteiger partial charge in [-0.25, -0.2) is 14.4 Å². The number of nitrogens with one attached hydrogen (secondary N) is 1. The SMILES string of the molecule is C[C@@H]1CN(C(=O)c2ncc(F)cc2-n2nccn2)C(CNc2ccc(C(F)(F)F)cn2)[C@H](C)O1. The van der Waals surface area contributed by atoms with Crippen molar-refractivity contribution in [3.63, 3.8) is 0 Å². The van der Waals surface area contributed by atoms with Crippen molar-refractivity contribution >= 4 is 11.7 Å². The zero-order valence-corrected chi connectivity index (χ0v) is 18.2. The Morgan fingerprint density at radius 2 is 1.91 bits per heavy atom. The number of rotatable bonds is 5. The summed E-state index contributed by atoms with van der Waals surface area (Å²) in [5.41, 5.74) is -0.824. The molecule has 0 bridgehead atoms. The number of hydrogen-bond acceptors (Lipinski definition) is 7. The van der Waals surface area contributed by atoms with Crippen molar-refractivity contribution in [1.29, 1.82) is 0 Å². The first-order valence-electron chi connectivity index (χ1n) is 10.4. The van der Waals surface area contributed by atoms with Crippen molar-refractivity contribution in [3.8, 4) is 5.69 Å². The highest BCUT2D eigenvalue weighted by molar-refractivity contribution is 5.96. The summed E-state index contributed by atoms with van der Waals surface area (Å²) in [7, 11) is 0. The number of alkyl halides is 3. The number of ether oxygens (including phenoxy) is 1. The first-order chi connectivity index (χ1) is 16.1. The second-order valence-electron chi connectivity index (χ2n) is 7.83. The highest BCUT2D eigenvalue weighted by Crippen LogP contribution is 2.29. The molecule has 1 N–H and O–H groups in total. The van der Waals surface area contributed by atoms with Crippen molar-refractivity contribution in [1.82, 2.24) is 29.9 Å². The van der Waals surface area contributed by atoms with Gasteiger partial charge in [-0.1, -0.05) is 0 Å². The number of halogens is 4. The Kier molecular flexibility index (Phi) is 6.46. The molecule has 3 aromatic rings. The fourth-order valence-electron chi connectivity index (χ4n) is 3.77. The van der Waals surface area contributed by atoms with E-state index in [0.29, 0.717) is 0 Å². The molecule has 1 amide bonds. The van der Waals surface area contributed by atoms with E-state index >= 15 is 0 Å². The number of carbonyl (C=O) groups excluding carboxylic acids is 1. The zero-order chi connectivity index (χ0) is 24.5. The van der Waals surface area contributed by atoms with Gasteiger partial charge in [-0.2, -0.15) is 23.4 Å². The van der Waals surface area contributed by atoms with Crippen LogP contribution in [-0.2, 0) is 10.9 Å². The number of amides is 1. The Balaban J connectivity index is 1.58. The largest absolute Gasteiger partial charge is 0.417 e. The van der Waals surface area contributed by atoms with Crippen LogP contribution in [0.4, 0.5) is 23.4 Å². The van der Waals surface area contributed by atoms with Gasteiger partial charge in [0.15, 0.2) is 5.69 Å². The van der Waals surface area contributed by atoms with Gasteiger partial charge in [0, 0.05) is 25.4 Å². The minimum Gasteiger partial charge on any atom is -0.372 e. The summed E-state index contributed by atoms with van der Waals surface area (Å²) in [6.07, 6.45) is -0.733. The molecule has 9 nitrogen and oxygen atoms in total. The first kappa shape index (κ1) is 23.5. The lowest BCUT2D eigenvalue weighted by Gasteiger charge is -2.42. The number of anilines is 1. The number of pyridine rings is 2. The Labute approximate surface area is 191 Å². The fourth-order valence-corrected chi connectivity index (χ4v) is 3.77. The van der Waals surface area contributed by atoms with Crippen LogP contribution in [0.1, 0.15) is 29.9 Å². The van der Waals surface area contributed by atoms with E-state index < -0.39 is 35.6 Å². The predicted octanol–water partition coefficient (Wildman–Crippen LogP) is 2.95. The highest BCUT2D eigenvalue weighted by atomic mass is 19.4. The van der Waals surface area contributed by atoms with E-state index in [9.17, 15) is 22.4 Å². The van der Waals surface area contributed by atoms with Crippen LogP contribution in [0.5, 0.6) is 0 Å². The molecule has 0 saturated carbocycles. The van der Waals surface area contributed by atoms with E-state index in [4.69, 9.17) is 4.74 Å².